The maximum absolute atomic E-state index is 13.4. The molecule has 6 nitrogen and oxygen atoms in total. The second-order valence-electron chi connectivity index (χ2n) is 21.6. The molecule has 0 spiro atoms. The first-order valence-corrected chi connectivity index (χ1v) is 29.2. The molecule has 2 unspecified atom stereocenters. The van der Waals surface area contributed by atoms with E-state index >= 15 is 0 Å². The Morgan fingerprint density at radius 2 is 1.18 bits per heavy atom. The molecule has 3 N–H and O–H groups in total. The Hall–Kier alpha value is -2.28. The first-order chi connectivity index (χ1) is 28.9. The molecule has 6 aliphatic rings. The van der Waals surface area contributed by atoms with Crippen LogP contribution in [0.15, 0.2) is 53.9 Å². The van der Waals surface area contributed by atoms with E-state index in [-0.39, 0.29) is 32.9 Å². The number of ketones is 1. The van der Waals surface area contributed by atoms with Crippen LogP contribution in [0.2, 0.25) is 0 Å². The number of pyridine rings is 1. The Bertz CT molecular complexity index is 2320. The van der Waals surface area contributed by atoms with Gasteiger partial charge in [0.2, 0.25) is 0 Å². The van der Waals surface area contributed by atoms with Gasteiger partial charge in [-0.15, -0.1) is 0 Å². The van der Waals surface area contributed by atoms with Crippen LogP contribution in [0, 0.1) is 57.8 Å². The van der Waals surface area contributed by atoms with Crippen molar-refractivity contribution in [3.05, 3.63) is 121 Å². The number of nitrogens with zero attached hydrogens (tertiary/aromatic N) is 3. The zero-order chi connectivity index (χ0) is 46.3. The van der Waals surface area contributed by atoms with Crippen LogP contribution in [0.3, 0.4) is 0 Å². The summed E-state index contributed by atoms with van der Waals surface area (Å²) < 4.78 is 0. The summed E-state index contributed by atoms with van der Waals surface area (Å²) in [5.74, 6) is 0.120. The molecule has 338 valence electrons. The van der Waals surface area contributed by atoms with E-state index in [9.17, 15) is 9.90 Å². The van der Waals surface area contributed by atoms with Gasteiger partial charge in [0.1, 0.15) is 0 Å². The van der Waals surface area contributed by atoms with Gasteiger partial charge in [-0.25, -0.2) is 0 Å². The highest BCUT2D eigenvalue weighted by molar-refractivity contribution is 15.0. The fourth-order valence-electron chi connectivity index (χ4n) is 14.8. The van der Waals surface area contributed by atoms with E-state index in [1.54, 1.807) is 11.1 Å². The van der Waals surface area contributed by atoms with E-state index < -0.39 is 5.41 Å². The first-order valence-electron chi connectivity index (χ1n) is 22.9. The van der Waals surface area contributed by atoms with Crippen molar-refractivity contribution in [3.63, 3.8) is 0 Å². The maximum atomic E-state index is 13.4. The lowest BCUT2D eigenvalue weighted by atomic mass is 9.36. The summed E-state index contributed by atoms with van der Waals surface area (Å²) in [6.07, 6.45) is 9.15. The fourth-order valence-corrected chi connectivity index (χ4v) is 14.8. The number of carbonyl (C=O) groups is 1. The minimum Gasteiger partial charge on any atom is -0.515 e. The predicted octanol–water partition coefficient (Wildman–Crippen LogP) is 12.2. The molecule has 1 saturated carbocycles. The topological polar surface area (TPSA) is 82.7 Å². The van der Waals surface area contributed by atoms with Gasteiger partial charge in [-0.1, -0.05) is 78.0 Å². The summed E-state index contributed by atoms with van der Waals surface area (Å²) >= 11 is 4.24. The average Bonchev–Trinajstić information content (AvgIpc) is 3.21. The van der Waals surface area contributed by atoms with Crippen LogP contribution in [0.25, 0.3) is 0 Å². The van der Waals surface area contributed by atoms with Gasteiger partial charge in [-0.2, -0.15) is 0 Å². The van der Waals surface area contributed by atoms with Crippen molar-refractivity contribution in [1.82, 2.24) is 14.8 Å². The lowest BCUT2D eigenvalue weighted by Gasteiger charge is -2.70. The minimum atomic E-state index is -0.540. The number of aliphatic hydroxyl groups is 1. The molecule has 4 bridgehead atoms. The van der Waals surface area contributed by atoms with Crippen molar-refractivity contribution in [2.45, 2.75) is 164 Å². The van der Waals surface area contributed by atoms with E-state index in [1.165, 1.54) is 75.3 Å². The van der Waals surface area contributed by atoms with Gasteiger partial charge in [0.15, 0.2) is 5.78 Å². The van der Waals surface area contributed by atoms with Crippen molar-refractivity contribution in [2.24, 2.45) is 22.0 Å². The number of aromatic nitrogens is 1. The fraction of sp³-hybridized carbons (Fsp3) is 0.593. The van der Waals surface area contributed by atoms with Gasteiger partial charge >= 0.3 is 0 Å². The van der Waals surface area contributed by atoms with Crippen LogP contribution in [-0.2, 0) is 40.3 Å². The number of rotatable bonds is 0. The summed E-state index contributed by atoms with van der Waals surface area (Å²) in [6.45, 7) is 33.7. The highest BCUT2D eigenvalue weighted by Gasteiger charge is 2.71. The van der Waals surface area contributed by atoms with Crippen molar-refractivity contribution < 1.29 is 9.90 Å². The molecule has 2 aromatic carbocycles. The molecule has 3 heterocycles. The van der Waals surface area contributed by atoms with E-state index in [0.29, 0.717) is 24.1 Å². The van der Waals surface area contributed by atoms with Crippen molar-refractivity contribution in [3.8, 4) is 0 Å². The van der Waals surface area contributed by atoms with E-state index in [4.69, 9.17) is 10.7 Å². The Morgan fingerprint density at radius 3 is 1.61 bits per heavy atom. The number of allylic oxidation sites excluding steroid dienone is 3. The Labute approximate surface area is 398 Å². The van der Waals surface area contributed by atoms with Gasteiger partial charge in [-0.3, -0.25) is 9.78 Å². The Morgan fingerprint density at radius 1 is 0.742 bits per heavy atom. The normalized spacial score (nSPS) is 31.9. The van der Waals surface area contributed by atoms with Gasteiger partial charge in [0.25, 0.3) is 0 Å². The summed E-state index contributed by atoms with van der Waals surface area (Å²) in [6, 6.07) is 12.7. The molecule has 6 atom stereocenters. The molecule has 2 saturated heterocycles. The van der Waals surface area contributed by atoms with Gasteiger partial charge in [0, 0.05) is 87.9 Å². The first kappa shape index (κ1) is 49.2. The third kappa shape index (κ3) is 6.76. The van der Waals surface area contributed by atoms with E-state index in [2.05, 4.69) is 175 Å². The molecular weight excluding hydrogens is 990 g/mol. The van der Waals surface area contributed by atoms with Crippen LogP contribution < -0.4 is 5.73 Å². The number of aliphatic hydroxyl groups excluding tert-OH is 1. The van der Waals surface area contributed by atoms with Crippen molar-refractivity contribution >= 4 is 43.0 Å². The molecule has 62 heavy (non-hydrogen) atoms. The molecule has 2 aliphatic heterocycles. The number of likely N-dealkylation sites (tertiary alicyclic amines) is 2. The summed E-state index contributed by atoms with van der Waals surface area (Å²) in [4.78, 5) is 23.8. The number of likely N-dealkylation sites (N-methyl/N-ethyl adjacent to an activating group) is 2. The highest BCUT2D eigenvalue weighted by atomic mass is 128. The van der Waals surface area contributed by atoms with Crippen molar-refractivity contribution in [1.29, 1.82) is 0 Å². The standard InChI is InChI=1S/C27H36N2.C23H31NO2.C4H9N.I2/c1-16-9-10-20-14-22-26(7)15-21-13-17(2)19(4)28-24(21)25(5,6)27(26,11-12-29(22)8)23(20)18(16)3;1-14-7-8-16-11-18-22(5)12-17(13-25)20(26)21(3,4)23(22,9-10-24(18)6)19(16)15(14)2;1-3-4(2)5;1-2/h9-10,13,22H,11-12,14-15H2,1-8H3;7-8,13,18,25H,9-12H2,1-6H3;3H,5H2,1-2H3;/b;17-13+;4-3+;/t22?,26-,27-;18?,22-,23-;;/m00../s1. The lowest BCUT2D eigenvalue weighted by Crippen LogP contribution is -2.73. The number of benzene rings is 2. The third-order valence-corrected chi connectivity index (χ3v) is 18.3. The maximum Gasteiger partial charge on any atom is 0.168 e. The van der Waals surface area contributed by atoms with Gasteiger partial charge in [-0.05, 0) is 188 Å². The summed E-state index contributed by atoms with van der Waals surface area (Å²) in [7, 11) is 4.57. The Kier molecular flexibility index (Phi) is 13.6. The number of halogens is 2. The number of hydrogen-bond acceptors (Lipinski definition) is 6. The molecule has 4 aliphatic carbocycles. The number of nitrogens with two attached hydrogens (primary N) is 1. The number of hydrogen-bond donors (Lipinski definition) is 2. The molecule has 0 amide bonds. The van der Waals surface area contributed by atoms with Gasteiger partial charge < -0.3 is 20.6 Å². The summed E-state index contributed by atoms with van der Waals surface area (Å²) in [5.41, 5.74) is 23.3. The number of piperidine rings is 2. The van der Waals surface area contributed by atoms with Crippen LogP contribution in [0.4, 0.5) is 0 Å². The predicted molar refractivity (Wildman–Crippen MR) is 277 cm³/mol. The number of aryl methyl sites for hydroxylation is 4. The lowest BCUT2D eigenvalue weighted by molar-refractivity contribution is -0.154. The largest absolute Gasteiger partial charge is 0.515 e. The monoisotopic (exact) mass is 1070 g/mol. The number of fused-ring (bicyclic) bond motifs is 3. The molecule has 1 aromatic heterocycles. The van der Waals surface area contributed by atoms with Crippen LogP contribution >= 0.6 is 37.2 Å². The van der Waals surface area contributed by atoms with Crippen LogP contribution in [0.5, 0.6) is 0 Å². The zero-order valence-corrected chi connectivity index (χ0v) is 45.2. The quantitative estimate of drug-likeness (QED) is 0.133. The molecule has 8 heteroatoms. The number of carbonyl (C=O) groups excluding carboxylic acids is 1. The Balaban J connectivity index is 0.000000181. The third-order valence-electron chi connectivity index (χ3n) is 18.3. The van der Waals surface area contributed by atoms with Crippen LogP contribution in [0.1, 0.15) is 142 Å². The smallest absolute Gasteiger partial charge is 0.168 e. The van der Waals surface area contributed by atoms with E-state index in [0.717, 1.165) is 37.8 Å². The van der Waals surface area contributed by atoms with E-state index in [1.807, 2.05) is 19.9 Å². The SMILES string of the molecule is C/C=C(\C)N.Cc1cc2c(nc1C)C(C)(C)[C@]13CCN(C)C(Cc4ccc(C)c(C)c41)[C@]3(C)C2.Cc1ccc2c(c1C)[C@]13CCN(C)C(C2)[C@]1(C)C/C(=C\O)C(=O)C3(C)C.II. The minimum absolute atomic E-state index is 0.00102. The highest BCUT2D eigenvalue weighted by Crippen LogP contribution is 2.70. The zero-order valence-electron chi connectivity index (χ0n) is 40.9. The second-order valence-corrected chi connectivity index (χ2v) is 21.6. The molecular formula is C54H76I2N4O2. The second kappa shape index (κ2) is 17.2. The molecule has 3 aromatic rings. The van der Waals surface area contributed by atoms with Crippen LogP contribution in [-0.4, -0.2) is 64.9 Å². The molecule has 9 rings (SSSR count). The summed E-state index contributed by atoms with van der Waals surface area (Å²) in [5, 5.41) is 9.82. The molecule has 0 radical (unpaired) electrons. The molecule has 3 fully saturated rings. The van der Waals surface area contributed by atoms with Gasteiger partial charge in [0.05, 0.1) is 12.0 Å². The average molecular weight is 1070 g/mol. The van der Waals surface area contributed by atoms with Crippen molar-refractivity contribution in [2.75, 3.05) is 27.2 Å². The number of Topliss-reactive ketones (excluding diaryl/α,β-unsaturated/α-hetero) is 1.